The van der Waals surface area contributed by atoms with Crippen molar-refractivity contribution in [2.45, 2.75) is 19.3 Å². The number of nitrogens with two attached hydrogens (primary N) is 1. The summed E-state index contributed by atoms with van der Waals surface area (Å²) < 4.78 is 0. The molecule has 4 N–H and O–H groups in total. The van der Waals surface area contributed by atoms with E-state index in [1.807, 2.05) is 12.1 Å². The van der Waals surface area contributed by atoms with Gasteiger partial charge in [-0.25, -0.2) is 4.98 Å². The van der Waals surface area contributed by atoms with E-state index in [0.717, 1.165) is 42.3 Å². The minimum atomic E-state index is -0.457. The quantitative estimate of drug-likeness (QED) is 0.686. The van der Waals surface area contributed by atoms with E-state index in [1.54, 1.807) is 6.07 Å². The van der Waals surface area contributed by atoms with Gasteiger partial charge in [0.1, 0.15) is 11.3 Å². The van der Waals surface area contributed by atoms with Gasteiger partial charge in [0.15, 0.2) is 0 Å². The number of amides is 1. The summed E-state index contributed by atoms with van der Waals surface area (Å²) >= 11 is 0. The molecule has 0 saturated carbocycles. The molecule has 1 aromatic heterocycles. The van der Waals surface area contributed by atoms with Crippen LogP contribution in [0.5, 0.6) is 0 Å². The van der Waals surface area contributed by atoms with Gasteiger partial charge in [-0.15, -0.1) is 0 Å². The first-order valence-corrected chi connectivity index (χ1v) is 8.79. The molecule has 0 spiro atoms. The Morgan fingerprint density at radius 1 is 1.12 bits per heavy atom. The van der Waals surface area contributed by atoms with Crippen LogP contribution >= 0.6 is 0 Å². The Morgan fingerprint density at radius 3 is 2.60 bits per heavy atom. The number of primary amides is 1. The fraction of sp³-hybridized carbons (Fsp3) is 0.300. The monoisotopic (exact) mass is 334 g/mol. The molecule has 5 heteroatoms. The second-order valence-corrected chi connectivity index (χ2v) is 6.75. The van der Waals surface area contributed by atoms with Crippen molar-refractivity contribution >= 4 is 16.9 Å². The van der Waals surface area contributed by atoms with Crippen LogP contribution in [0.2, 0.25) is 0 Å². The van der Waals surface area contributed by atoms with Crippen LogP contribution in [0.25, 0.3) is 22.4 Å². The van der Waals surface area contributed by atoms with Gasteiger partial charge in [0.2, 0.25) is 0 Å². The number of carbonyl (C=O) groups is 1. The first-order chi connectivity index (χ1) is 12.2. The molecule has 0 atom stereocenters. The fourth-order valence-electron chi connectivity index (χ4n) is 3.59. The first-order valence-electron chi connectivity index (χ1n) is 8.79. The van der Waals surface area contributed by atoms with E-state index in [9.17, 15) is 4.79 Å². The Hall–Kier alpha value is -2.66. The lowest BCUT2D eigenvalue weighted by Crippen LogP contribution is -2.28. The van der Waals surface area contributed by atoms with Crippen LogP contribution in [-0.4, -0.2) is 29.0 Å². The normalized spacial score (nSPS) is 15.5. The molecule has 3 aromatic rings. The van der Waals surface area contributed by atoms with E-state index >= 15 is 0 Å². The number of nitrogens with zero attached hydrogens (tertiary/aromatic N) is 1. The maximum atomic E-state index is 11.6. The second-order valence-electron chi connectivity index (χ2n) is 6.75. The minimum Gasteiger partial charge on any atom is -0.366 e. The summed E-state index contributed by atoms with van der Waals surface area (Å²) in [5.41, 5.74) is 9.72. The number of imidazole rings is 1. The SMILES string of the molecule is NC(=O)c1cccc2[nH]c(-c3ccc(CC4CCNCC4)cc3)nc12. The number of hydrogen-bond donors (Lipinski definition) is 3. The van der Waals surface area contributed by atoms with E-state index in [2.05, 4.69) is 39.6 Å². The van der Waals surface area contributed by atoms with E-state index < -0.39 is 5.91 Å². The summed E-state index contributed by atoms with van der Waals surface area (Å²) in [6.07, 6.45) is 3.64. The number of H-pyrrole nitrogens is 1. The molecule has 1 aliphatic rings. The van der Waals surface area contributed by atoms with Crippen LogP contribution in [-0.2, 0) is 6.42 Å². The molecule has 1 fully saturated rings. The Bertz CT molecular complexity index is 892. The van der Waals surface area contributed by atoms with E-state index in [1.165, 1.54) is 18.4 Å². The molecule has 5 nitrogen and oxygen atoms in total. The van der Waals surface area contributed by atoms with Crippen LogP contribution in [0, 0.1) is 5.92 Å². The van der Waals surface area contributed by atoms with Gasteiger partial charge in [-0.1, -0.05) is 30.3 Å². The molecule has 0 radical (unpaired) electrons. The Kier molecular flexibility index (Phi) is 4.24. The number of piperidine rings is 1. The highest BCUT2D eigenvalue weighted by Crippen LogP contribution is 2.24. The lowest BCUT2D eigenvalue weighted by atomic mass is 9.91. The molecule has 2 aromatic carbocycles. The summed E-state index contributed by atoms with van der Waals surface area (Å²) in [6, 6.07) is 14.0. The third kappa shape index (κ3) is 3.28. The van der Waals surface area contributed by atoms with E-state index in [4.69, 9.17) is 5.73 Å². The highest BCUT2D eigenvalue weighted by Gasteiger charge is 2.14. The van der Waals surface area contributed by atoms with Crippen LogP contribution in [0.3, 0.4) is 0 Å². The molecule has 1 aliphatic heterocycles. The number of aromatic amines is 1. The Morgan fingerprint density at radius 2 is 1.88 bits per heavy atom. The number of hydrogen-bond acceptors (Lipinski definition) is 3. The van der Waals surface area contributed by atoms with Crippen molar-refractivity contribution in [3.05, 3.63) is 53.6 Å². The van der Waals surface area contributed by atoms with Crippen molar-refractivity contribution in [2.75, 3.05) is 13.1 Å². The lowest BCUT2D eigenvalue weighted by molar-refractivity contribution is 0.100. The predicted octanol–water partition coefficient (Wildman–Crippen LogP) is 2.87. The summed E-state index contributed by atoms with van der Waals surface area (Å²) in [5.74, 6) is 1.08. The molecule has 0 unspecified atom stereocenters. The average Bonchev–Trinajstić information content (AvgIpc) is 3.07. The maximum absolute atomic E-state index is 11.6. The number of rotatable bonds is 4. The average molecular weight is 334 g/mol. The van der Waals surface area contributed by atoms with Crippen LogP contribution in [0.4, 0.5) is 0 Å². The van der Waals surface area contributed by atoms with Crippen molar-refractivity contribution in [1.29, 1.82) is 0 Å². The number of aromatic nitrogens is 2. The zero-order valence-corrected chi connectivity index (χ0v) is 14.1. The molecule has 2 heterocycles. The summed E-state index contributed by atoms with van der Waals surface area (Å²) in [4.78, 5) is 19.4. The van der Waals surface area contributed by atoms with Crippen LogP contribution in [0.15, 0.2) is 42.5 Å². The highest BCUT2D eigenvalue weighted by molar-refractivity contribution is 6.04. The standard InChI is InChI=1S/C20H22N4O/c21-19(25)16-2-1-3-17-18(16)24-20(23-17)15-6-4-13(5-7-15)12-14-8-10-22-11-9-14/h1-7,14,22H,8-12H2,(H2,21,25)(H,23,24). The minimum absolute atomic E-state index is 0.447. The lowest BCUT2D eigenvalue weighted by Gasteiger charge is -2.22. The molecule has 0 bridgehead atoms. The largest absolute Gasteiger partial charge is 0.366 e. The number of nitrogens with one attached hydrogen (secondary N) is 2. The fourth-order valence-corrected chi connectivity index (χ4v) is 3.59. The second kappa shape index (κ2) is 6.69. The van der Waals surface area contributed by atoms with Gasteiger partial charge in [0.25, 0.3) is 5.91 Å². The predicted molar refractivity (Wildman–Crippen MR) is 99.3 cm³/mol. The molecular formula is C20H22N4O. The maximum Gasteiger partial charge on any atom is 0.250 e. The summed E-state index contributed by atoms with van der Waals surface area (Å²) in [6.45, 7) is 2.26. The molecule has 0 aliphatic carbocycles. The van der Waals surface area contributed by atoms with Crippen molar-refractivity contribution in [2.24, 2.45) is 11.7 Å². The summed E-state index contributed by atoms with van der Waals surface area (Å²) in [7, 11) is 0. The van der Waals surface area contributed by atoms with Crippen LogP contribution < -0.4 is 11.1 Å². The molecule has 25 heavy (non-hydrogen) atoms. The van der Waals surface area contributed by atoms with E-state index in [0.29, 0.717) is 11.1 Å². The van der Waals surface area contributed by atoms with Gasteiger partial charge in [0.05, 0.1) is 11.1 Å². The smallest absolute Gasteiger partial charge is 0.250 e. The van der Waals surface area contributed by atoms with Gasteiger partial charge in [0, 0.05) is 5.56 Å². The van der Waals surface area contributed by atoms with Gasteiger partial charge in [-0.3, -0.25) is 4.79 Å². The number of para-hydroxylation sites is 1. The zero-order chi connectivity index (χ0) is 17.2. The van der Waals surface area contributed by atoms with Gasteiger partial charge in [-0.2, -0.15) is 0 Å². The van der Waals surface area contributed by atoms with Crippen molar-refractivity contribution in [3.8, 4) is 11.4 Å². The molecule has 1 amide bonds. The highest BCUT2D eigenvalue weighted by atomic mass is 16.1. The van der Waals surface area contributed by atoms with Crippen molar-refractivity contribution < 1.29 is 4.79 Å². The molecular weight excluding hydrogens is 312 g/mol. The number of fused-ring (bicyclic) bond motifs is 1. The topological polar surface area (TPSA) is 83.8 Å². The third-order valence-electron chi connectivity index (χ3n) is 4.99. The van der Waals surface area contributed by atoms with Crippen molar-refractivity contribution in [1.82, 2.24) is 15.3 Å². The zero-order valence-electron chi connectivity index (χ0n) is 14.1. The first kappa shape index (κ1) is 15.8. The molecule has 4 rings (SSSR count). The number of carbonyl (C=O) groups excluding carboxylic acids is 1. The molecule has 1 saturated heterocycles. The van der Waals surface area contributed by atoms with E-state index in [-0.39, 0.29) is 0 Å². The summed E-state index contributed by atoms with van der Waals surface area (Å²) in [5, 5.41) is 3.41. The number of benzene rings is 2. The Balaban J connectivity index is 1.58. The van der Waals surface area contributed by atoms with Gasteiger partial charge < -0.3 is 16.0 Å². The van der Waals surface area contributed by atoms with Gasteiger partial charge >= 0.3 is 0 Å². The van der Waals surface area contributed by atoms with Crippen LogP contribution in [0.1, 0.15) is 28.8 Å². The van der Waals surface area contributed by atoms with Gasteiger partial charge in [-0.05, 0) is 56.0 Å². The Labute approximate surface area is 146 Å². The van der Waals surface area contributed by atoms with Crippen molar-refractivity contribution in [3.63, 3.8) is 0 Å². The molecule has 128 valence electrons. The third-order valence-corrected chi connectivity index (χ3v) is 4.99.